The highest BCUT2D eigenvalue weighted by atomic mass is 16.5. The highest BCUT2D eigenvalue weighted by Crippen LogP contribution is 2.41. The summed E-state index contributed by atoms with van der Waals surface area (Å²) < 4.78 is 5.19. The van der Waals surface area contributed by atoms with Crippen LogP contribution in [0.25, 0.3) is 0 Å². The van der Waals surface area contributed by atoms with E-state index in [2.05, 4.69) is 6.58 Å². The Bertz CT molecular complexity index is 395. The average Bonchev–Trinajstić information content (AvgIpc) is 2.41. The van der Waals surface area contributed by atoms with Crippen LogP contribution >= 0.6 is 0 Å². The maximum absolute atomic E-state index is 11.7. The largest absolute Gasteiger partial charge is 0.426 e. The Balaban J connectivity index is 2.53. The number of para-hydroxylation sites is 1. The molecule has 72 valence electrons. The van der Waals surface area contributed by atoms with Crippen molar-refractivity contribution in [2.75, 3.05) is 0 Å². The zero-order chi connectivity index (χ0) is 10.2. The number of ether oxygens (including phenoxy) is 1. The van der Waals surface area contributed by atoms with Crippen LogP contribution < -0.4 is 4.74 Å². The van der Waals surface area contributed by atoms with Crippen LogP contribution in [0.15, 0.2) is 36.9 Å². The SMILES string of the molecule is C=CCC1(C)C(=O)Oc2ccccc21. The first-order valence-electron chi connectivity index (χ1n) is 4.61. The number of allylic oxidation sites excluding steroid dienone is 1. The van der Waals surface area contributed by atoms with Gasteiger partial charge in [-0.3, -0.25) is 4.79 Å². The van der Waals surface area contributed by atoms with E-state index in [0.29, 0.717) is 12.2 Å². The monoisotopic (exact) mass is 188 g/mol. The predicted octanol–water partition coefficient (Wildman–Crippen LogP) is 2.44. The van der Waals surface area contributed by atoms with Crippen molar-refractivity contribution in [3.05, 3.63) is 42.5 Å². The first-order chi connectivity index (χ1) is 6.68. The molecule has 14 heavy (non-hydrogen) atoms. The van der Waals surface area contributed by atoms with Crippen molar-refractivity contribution in [3.8, 4) is 5.75 Å². The van der Waals surface area contributed by atoms with E-state index < -0.39 is 5.41 Å². The van der Waals surface area contributed by atoms with Gasteiger partial charge in [-0.05, 0) is 19.4 Å². The maximum Gasteiger partial charge on any atom is 0.322 e. The standard InChI is InChI=1S/C12H12O2/c1-3-8-12(2)9-6-4-5-7-10(9)14-11(12)13/h3-7H,1,8H2,2H3. The van der Waals surface area contributed by atoms with Gasteiger partial charge in [0.25, 0.3) is 0 Å². The van der Waals surface area contributed by atoms with Crippen molar-refractivity contribution in [1.82, 2.24) is 0 Å². The molecular weight excluding hydrogens is 176 g/mol. The number of fused-ring (bicyclic) bond motifs is 1. The topological polar surface area (TPSA) is 26.3 Å². The highest BCUT2D eigenvalue weighted by molar-refractivity contribution is 5.90. The summed E-state index contributed by atoms with van der Waals surface area (Å²) in [5.41, 5.74) is 0.420. The van der Waals surface area contributed by atoms with Gasteiger partial charge < -0.3 is 4.74 Å². The minimum atomic E-state index is -0.543. The second-order valence-corrected chi connectivity index (χ2v) is 3.71. The molecule has 1 aliphatic heterocycles. The molecule has 1 unspecified atom stereocenters. The molecule has 0 aromatic heterocycles. The predicted molar refractivity (Wildman–Crippen MR) is 54.2 cm³/mol. The van der Waals surface area contributed by atoms with Crippen molar-refractivity contribution in [2.24, 2.45) is 0 Å². The summed E-state index contributed by atoms with van der Waals surface area (Å²) in [4.78, 5) is 11.7. The summed E-state index contributed by atoms with van der Waals surface area (Å²) >= 11 is 0. The van der Waals surface area contributed by atoms with Gasteiger partial charge in [-0.2, -0.15) is 0 Å². The van der Waals surface area contributed by atoms with Gasteiger partial charge in [0.2, 0.25) is 0 Å². The molecule has 0 radical (unpaired) electrons. The molecule has 2 rings (SSSR count). The lowest BCUT2D eigenvalue weighted by Crippen LogP contribution is -2.29. The molecule has 0 spiro atoms. The van der Waals surface area contributed by atoms with E-state index in [1.807, 2.05) is 31.2 Å². The third-order valence-electron chi connectivity index (χ3n) is 2.69. The van der Waals surface area contributed by atoms with E-state index in [1.54, 1.807) is 6.08 Å². The molecule has 0 saturated heterocycles. The molecule has 1 aliphatic rings. The molecule has 1 atom stereocenters. The van der Waals surface area contributed by atoms with E-state index in [9.17, 15) is 4.79 Å². The minimum Gasteiger partial charge on any atom is -0.426 e. The van der Waals surface area contributed by atoms with E-state index in [4.69, 9.17) is 4.74 Å². The lowest BCUT2D eigenvalue weighted by Gasteiger charge is -2.17. The van der Waals surface area contributed by atoms with Crippen LogP contribution in [0.2, 0.25) is 0 Å². The molecule has 1 aromatic rings. The normalized spacial score (nSPS) is 24.2. The molecule has 0 aliphatic carbocycles. The van der Waals surface area contributed by atoms with Gasteiger partial charge in [0, 0.05) is 5.56 Å². The first-order valence-corrected chi connectivity index (χ1v) is 4.61. The Morgan fingerprint density at radius 3 is 2.93 bits per heavy atom. The van der Waals surface area contributed by atoms with Crippen LogP contribution in [-0.2, 0) is 10.2 Å². The summed E-state index contributed by atoms with van der Waals surface area (Å²) in [6, 6.07) is 7.54. The van der Waals surface area contributed by atoms with E-state index in [-0.39, 0.29) is 5.97 Å². The van der Waals surface area contributed by atoms with Crippen LogP contribution in [0, 0.1) is 0 Å². The number of benzene rings is 1. The minimum absolute atomic E-state index is 0.182. The molecule has 0 amide bonds. The molecule has 1 heterocycles. The Morgan fingerprint density at radius 1 is 1.50 bits per heavy atom. The second kappa shape index (κ2) is 2.98. The van der Waals surface area contributed by atoms with E-state index >= 15 is 0 Å². The van der Waals surface area contributed by atoms with Crippen LogP contribution in [0.4, 0.5) is 0 Å². The van der Waals surface area contributed by atoms with Crippen LogP contribution in [-0.4, -0.2) is 5.97 Å². The van der Waals surface area contributed by atoms with Crippen LogP contribution in [0.5, 0.6) is 5.75 Å². The Kier molecular flexibility index (Phi) is 1.92. The Labute approximate surface area is 83.2 Å². The fourth-order valence-corrected chi connectivity index (χ4v) is 1.82. The number of hydrogen-bond acceptors (Lipinski definition) is 2. The third-order valence-corrected chi connectivity index (χ3v) is 2.69. The lowest BCUT2D eigenvalue weighted by atomic mass is 9.81. The van der Waals surface area contributed by atoms with Crippen molar-refractivity contribution in [3.63, 3.8) is 0 Å². The molecule has 0 bridgehead atoms. The van der Waals surface area contributed by atoms with Gasteiger partial charge >= 0.3 is 5.97 Å². The molecule has 0 fully saturated rings. The third kappa shape index (κ3) is 1.07. The zero-order valence-electron chi connectivity index (χ0n) is 8.12. The Morgan fingerprint density at radius 2 is 2.21 bits per heavy atom. The fraction of sp³-hybridized carbons (Fsp3) is 0.250. The maximum atomic E-state index is 11.7. The van der Waals surface area contributed by atoms with Gasteiger partial charge in [-0.25, -0.2) is 0 Å². The fourth-order valence-electron chi connectivity index (χ4n) is 1.82. The van der Waals surface area contributed by atoms with Gasteiger partial charge in [0.15, 0.2) is 0 Å². The highest BCUT2D eigenvalue weighted by Gasteiger charge is 2.43. The van der Waals surface area contributed by atoms with Gasteiger partial charge in [-0.15, -0.1) is 6.58 Å². The first kappa shape index (κ1) is 9.00. The number of carbonyl (C=O) groups excluding carboxylic acids is 1. The van der Waals surface area contributed by atoms with E-state index in [1.165, 1.54) is 0 Å². The van der Waals surface area contributed by atoms with E-state index in [0.717, 1.165) is 5.56 Å². The average molecular weight is 188 g/mol. The van der Waals surface area contributed by atoms with Crippen LogP contribution in [0.3, 0.4) is 0 Å². The number of hydrogen-bond donors (Lipinski definition) is 0. The molecule has 0 saturated carbocycles. The summed E-state index contributed by atoms with van der Waals surface area (Å²) in [6.45, 7) is 5.56. The number of carbonyl (C=O) groups is 1. The van der Waals surface area contributed by atoms with Gasteiger partial charge in [0.05, 0.1) is 5.41 Å². The number of rotatable bonds is 2. The van der Waals surface area contributed by atoms with Gasteiger partial charge in [-0.1, -0.05) is 24.3 Å². The smallest absolute Gasteiger partial charge is 0.322 e. The summed E-state index contributed by atoms with van der Waals surface area (Å²) in [7, 11) is 0. The molecule has 2 nitrogen and oxygen atoms in total. The second-order valence-electron chi connectivity index (χ2n) is 3.71. The van der Waals surface area contributed by atoms with Crippen molar-refractivity contribution >= 4 is 5.97 Å². The van der Waals surface area contributed by atoms with Crippen molar-refractivity contribution in [1.29, 1.82) is 0 Å². The lowest BCUT2D eigenvalue weighted by molar-refractivity contribution is -0.137. The molecule has 0 N–H and O–H groups in total. The Hall–Kier alpha value is -1.57. The van der Waals surface area contributed by atoms with Crippen molar-refractivity contribution < 1.29 is 9.53 Å². The zero-order valence-corrected chi connectivity index (χ0v) is 8.12. The molecule has 2 heteroatoms. The summed E-state index contributed by atoms with van der Waals surface area (Å²) in [5.74, 6) is 0.500. The summed E-state index contributed by atoms with van der Waals surface area (Å²) in [6.07, 6.45) is 2.37. The quantitative estimate of drug-likeness (QED) is 0.405. The van der Waals surface area contributed by atoms with Crippen LogP contribution in [0.1, 0.15) is 18.9 Å². The molecule has 1 aromatic carbocycles. The van der Waals surface area contributed by atoms with Gasteiger partial charge in [0.1, 0.15) is 5.75 Å². The molecular formula is C12H12O2. The van der Waals surface area contributed by atoms with Crippen molar-refractivity contribution in [2.45, 2.75) is 18.8 Å². The number of esters is 1. The summed E-state index contributed by atoms with van der Waals surface area (Å²) in [5, 5.41) is 0.